The second-order valence-corrected chi connectivity index (χ2v) is 6.84. The van der Waals surface area contributed by atoms with E-state index in [-0.39, 0.29) is 29.9 Å². The van der Waals surface area contributed by atoms with Crippen LogP contribution in [0, 0.1) is 11.3 Å². The van der Waals surface area contributed by atoms with Gasteiger partial charge in [-0.25, -0.2) is 0 Å². The molecular weight excluding hydrogens is 252 g/mol. The predicted octanol–water partition coefficient (Wildman–Crippen LogP) is 1.95. The van der Waals surface area contributed by atoms with Gasteiger partial charge in [0.2, 0.25) is 5.91 Å². The third kappa shape index (κ3) is 3.95. The Bertz CT molecular complexity index is 314. The molecule has 0 aromatic carbocycles. The van der Waals surface area contributed by atoms with Gasteiger partial charge >= 0.3 is 0 Å². The summed E-state index contributed by atoms with van der Waals surface area (Å²) < 4.78 is 0. The van der Waals surface area contributed by atoms with Crippen molar-refractivity contribution in [2.45, 2.75) is 70.3 Å². The van der Waals surface area contributed by atoms with E-state index in [1.54, 1.807) is 0 Å². The van der Waals surface area contributed by atoms with E-state index in [1.807, 2.05) is 0 Å². The fourth-order valence-electron chi connectivity index (χ4n) is 3.76. The Morgan fingerprint density at radius 1 is 1.10 bits per heavy atom. The molecule has 2 atom stereocenters. The molecule has 2 rings (SSSR count). The molecule has 0 aliphatic heterocycles. The molecule has 0 bridgehead atoms. The van der Waals surface area contributed by atoms with Crippen LogP contribution in [-0.2, 0) is 4.79 Å². The molecule has 2 fully saturated rings. The standard InChI is InChI=1S/C16H30N2O2/c17-14-8-4-1-3-7-13(14)15(20)18-11-16(12-19)9-5-2-6-10-16/h13-14,19H,1-12,17H2,(H,18,20). The van der Waals surface area contributed by atoms with Gasteiger partial charge in [-0.2, -0.15) is 0 Å². The van der Waals surface area contributed by atoms with E-state index in [9.17, 15) is 9.90 Å². The molecule has 116 valence electrons. The minimum Gasteiger partial charge on any atom is -0.396 e. The molecule has 2 unspecified atom stereocenters. The van der Waals surface area contributed by atoms with Crippen LogP contribution in [0.25, 0.3) is 0 Å². The van der Waals surface area contributed by atoms with Crippen molar-refractivity contribution in [2.75, 3.05) is 13.2 Å². The Morgan fingerprint density at radius 2 is 1.75 bits per heavy atom. The van der Waals surface area contributed by atoms with Gasteiger partial charge < -0.3 is 16.2 Å². The lowest BCUT2D eigenvalue weighted by atomic mass is 9.74. The number of nitrogens with one attached hydrogen (secondary N) is 1. The third-order valence-electron chi connectivity index (χ3n) is 5.29. The van der Waals surface area contributed by atoms with E-state index in [1.165, 1.54) is 25.7 Å². The summed E-state index contributed by atoms with van der Waals surface area (Å²) in [6, 6.07) is 0.00827. The fraction of sp³-hybridized carbons (Fsp3) is 0.938. The summed E-state index contributed by atoms with van der Waals surface area (Å²) in [5, 5.41) is 12.8. The quantitative estimate of drug-likeness (QED) is 0.690. The van der Waals surface area contributed by atoms with E-state index in [2.05, 4.69) is 5.32 Å². The highest BCUT2D eigenvalue weighted by Gasteiger charge is 2.33. The van der Waals surface area contributed by atoms with Gasteiger partial charge in [0.15, 0.2) is 0 Å². The van der Waals surface area contributed by atoms with Crippen molar-refractivity contribution in [3.8, 4) is 0 Å². The van der Waals surface area contributed by atoms with Crippen LogP contribution >= 0.6 is 0 Å². The summed E-state index contributed by atoms with van der Waals surface area (Å²) in [7, 11) is 0. The lowest BCUT2D eigenvalue weighted by molar-refractivity contribution is -0.126. The highest BCUT2D eigenvalue weighted by atomic mass is 16.3. The Labute approximate surface area is 122 Å². The minimum atomic E-state index is -0.0806. The summed E-state index contributed by atoms with van der Waals surface area (Å²) in [6.45, 7) is 0.801. The van der Waals surface area contributed by atoms with Crippen molar-refractivity contribution in [3.63, 3.8) is 0 Å². The van der Waals surface area contributed by atoms with Crippen LogP contribution in [0.3, 0.4) is 0 Å². The van der Waals surface area contributed by atoms with Crippen LogP contribution in [0.15, 0.2) is 0 Å². The van der Waals surface area contributed by atoms with Gasteiger partial charge in [0.05, 0.1) is 12.5 Å². The maximum atomic E-state index is 12.4. The first kappa shape index (κ1) is 15.8. The van der Waals surface area contributed by atoms with Gasteiger partial charge in [0.25, 0.3) is 0 Å². The van der Waals surface area contributed by atoms with Crippen LogP contribution in [0.2, 0.25) is 0 Å². The molecule has 2 aliphatic carbocycles. The largest absolute Gasteiger partial charge is 0.396 e. The van der Waals surface area contributed by atoms with Crippen LogP contribution in [-0.4, -0.2) is 30.2 Å². The van der Waals surface area contributed by atoms with Crippen molar-refractivity contribution in [1.82, 2.24) is 5.32 Å². The monoisotopic (exact) mass is 282 g/mol. The van der Waals surface area contributed by atoms with Crippen LogP contribution in [0.5, 0.6) is 0 Å². The first-order valence-corrected chi connectivity index (χ1v) is 8.31. The summed E-state index contributed by atoms with van der Waals surface area (Å²) in [5.74, 6) is 0.0784. The lowest BCUT2D eigenvalue weighted by Gasteiger charge is -2.36. The predicted molar refractivity (Wildman–Crippen MR) is 80.2 cm³/mol. The molecule has 2 aliphatic rings. The maximum Gasteiger partial charge on any atom is 0.224 e. The second kappa shape index (κ2) is 7.41. The van der Waals surface area contributed by atoms with E-state index in [0.29, 0.717) is 6.54 Å². The first-order chi connectivity index (χ1) is 9.67. The molecule has 0 aromatic rings. The summed E-state index contributed by atoms with van der Waals surface area (Å²) >= 11 is 0. The summed E-state index contributed by atoms with van der Waals surface area (Å²) in [6.07, 6.45) is 11.0. The Morgan fingerprint density at radius 3 is 2.45 bits per heavy atom. The molecular formula is C16H30N2O2. The van der Waals surface area contributed by atoms with E-state index >= 15 is 0 Å². The molecule has 2 saturated carbocycles. The zero-order chi connectivity index (χ0) is 14.4. The number of aliphatic hydroxyl groups excluding tert-OH is 1. The number of hydrogen-bond acceptors (Lipinski definition) is 3. The number of aliphatic hydroxyl groups is 1. The molecule has 0 aromatic heterocycles. The topological polar surface area (TPSA) is 75.4 Å². The Kier molecular flexibility index (Phi) is 5.85. The van der Waals surface area contributed by atoms with Crippen molar-refractivity contribution < 1.29 is 9.90 Å². The first-order valence-electron chi connectivity index (χ1n) is 8.31. The average Bonchev–Trinajstić information content (AvgIpc) is 2.70. The van der Waals surface area contributed by atoms with Gasteiger partial charge in [-0.1, -0.05) is 38.5 Å². The van der Waals surface area contributed by atoms with E-state index in [4.69, 9.17) is 5.73 Å². The van der Waals surface area contributed by atoms with Crippen LogP contribution < -0.4 is 11.1 Å². The average molecular weight is 282 g/mol. The normalized spacial score (nSPS) is 30.5. The fourth-order valence-corrected chi connectivity index (χ4v) is 3.76. The van der Waals surface area contributed by atoms with Crippen molar-refractivity contribution in [2.24, 2.45) is 17.1 Å². The number of carbonyl (C=O) groups is 1. The van der Waals surface area contributed by atoms with Gasteiger partial charge in [0, 0.05) is 18.0 Å². The van der Waals surface area contributed by atoms with Gasteiger partial charge in [-0.3, -0.25) is 4.79 Å². The Balaban J connectivity index is 1.86. The lowest BCUT2D eigenvalue weighted by Crippen LogP contribution is -2.46. The summed E-state index contributed by atoms with van der Waals surface area (Å²) in [4.78, 5) is 12.4. The molecule has 4 N–H and O–H groups in total. The number of carbonyl (C=O) groups excluding carboxylic acids is 1. The maximum absolute atomic E-state index is 12.4. The van der Waals surface area contributed by atoms with Gasteiger partial charge in [-0.05, 0) is 25.7 Å². The third-order valence-corrected chi connectivity index (χ3v) is 5.29. The second-order valence-electron chi connectivity index (χ2n) is 6.84. The number of rotatable bonds is 4. The van der Waals surface area contributed by atoms with Crippen LogP contribution in [0.1, 0.15) is 64.2 Å². The molecule has 0 saturated heterocycles. The molecule has 0 radical (unpaired) electrons. The molecule has 0 heterocycles. The van der Waals surface area contributed by atoms with Crippen molar-refractivity contribution >= 4 is 5.91 Å². The zero-order valence-electron chi connectivity index (χ0n) is 12.6. The zero-order valence-corrected chi connectivity index (χ0v) is 12.6. The Hall–Kier alpha value is -0.610. The van der Waals surface area contributed by atoms with Crippen molar-refractivity contribution in [1.29, 1.82) is 0 Å². The van der Waals surface area contributed by atoms with Crippen LogP contribution in [0.4, 0.5) is 0 Å². The number of nitrogens with two attached hydrogens (primary N) is 1. The van der Waals surface area contributed by atoms with Gasteiger partial charge in [0.1, 0.15) is 0 Å². The number of hydrogen-bond donors (Lipinski definition) is 3. The van der Waals surface area contributed by atoms with Gasteiger partial charge in [-0.15, -0.1) is 0 Å². The smallest absolute Gasteiger partial charge is 0.224 e. The highest BCUT2D eigenvalue weighted by molar-refractivity contribution is 5.79. The summed E-state index contributed by atoms with van der Waals surface area (Å²) in [5.41, 5.74) is 6.06. The highest BCUT2D eigenvalue weighted by Crippen LogP contribution is 2.35. The molecule has 20 heavy (non-hydrogen) atoms. The molecule has 4 heteroatoms. The molecule has 0 spiro atoms. The SMILES string of the molecule is NC1CCCCCC1C(=O)NCC1(CO)CCCCC1. The van der Waals surface area contributed by atoms with E-state index < -0.39 is 0 Å². The van der Waals surface area contributed by atoms with E-state index in [0.717, 1.165) is 38.5 Å². The van der Waals surface area contributed by atoms with Crippen molar-refractivity contribution in [3.05, 3.63) is 0 Å². The molecule has 1 amide bonds. The molecule has 4 nitrogen and oxygen atoms in total. The number of amides is 1. The minimum absolute atomic E-state index is 0.00827.